The van der Waals surface area contributed by atoms with Crippen LogP contribution in [0.25, 0.3) is 0 Å². The molecular weight excluding hydrogens is 224 g/mol. The fraction of sp³-hybridized carbons (Fsp3) is 0.533. The molecular formula is C15H22N2O. The van der Waals surface area contributed by atoms with Crippen molar-refractivity contribution < 1.29 is 4.79 Å². The fourth-order valence-corrected chi connectivity index (χ4v) is 2.57. The molecule has 18 heavy (non-hydrogen) atoms. The number of carbonyl (C=O) groups excluding carboxylic acids is 1. The van der Waals surface area contributed by atoms with Gasteiger partial charge in [0.2, 0.25) is 0 Å². The number of hydrogen-bond donors (Lipinski definition) is 0. The van der Waals surface area contributed by atoms with Crippen LogP contribution in [0.4, 0.5) is 0 Å². The topological polar surface area (TPSA) is 23.6 Å². The van der Waals surface area contributed by atoms with E-state index in [0.717, 1.165) is 30.8 Å². The average molecular weight is 246 g/mol. The highest BCUT2D eigenvalue weighted by atomic mass is 16.1. The highest BCUT2D eigenvalue weighted by molar-refractivity contribution is 5.98. The Morgan fingerprint density at radius 2 is 2.06 bits per heavy atom. The Bertz CT molecular complexity index is 430. The van der Waals surface area contributed by atoms with E-state index in [2.05, 4.69) is 23.8 Å². The van der Waals surface area contributed by atoms with E-state index in [1.165, 1.54) is 0 Å². The number of benzene rings is 1. The summed E-state index contributed by atoms with van der Waals surface area (Å²) in [5, 5.41) is 0. The second-order valence-electron chi connectivity index (χ2n) is 5.32. The Kier molecular flexibility index (Phi) is 4.15. The molecule has 0 bridgehead atoms. The summed E-state index contributed by atoms with van der Waals surface area (Å²) >= 11 is 0. The Hall–Kier alpha value is -1.19. The lowest BCUT2D eigenvalue weighted by Gasteiger charge is -2.37. The Morgan fingerprint density at radius 1 is 1.33 bits per heavy atom. The zero-order valence-corrected chi connectivity index (χ0v) is 11.5. The van der Waals surface area contributed by atoms with Crippen molar-refractivity contribution in [3.05, 3.63) is 35.4 Å². The molecule has 0 radical (unpaired) electrons. The van der Waals surface area contributed by atoms with Gasteiger partial charge >= 0.3 is 0 Å². The van der Waals surface area contributed by atoms with E-state index in [-0.39, 0.29) is 5.78 Å². The van der Waals surface area contributed by atoms with Gasteiger partial charge in [-0.2, -0.15) is 0 Å². The quantitative estimate of drug-likeness (QED) is 0.760. The minimum absolute atomic E-state index is 0.240. The highest BCUT2D eigenvalue weighted by Gasteiger charge is 2.23. The number of piperazine rings is 1. The number of aryl methyl sites for hydroxylation is 1. The largest absolute Gasteiger partial charge is 0.304 e. The van der Waals surface area contributed by atoms with Gasteiger partial charge in [-0.3, -0.25) is 9.69 Å². The van der Waals surface area contributed by atoms with Gasteiger partial charge in [0, 0.05) is 31.2 Å². The molecule has 1 atom stereocenters. The van der Waals surface area contributed by atoms with E-state index in [4.69, 9.17) is 0 Å². The van der Waals surface area contributed by atoms with Gasteiger partial charge in [0.15, 0.2) is 5.78 Å². The summed E-state index contributed by atoms with van der Waals surface area (Å²) in [4.78, 5) is 16.9. The summed E-state index contributed by atoms with van der Waals surface area (Å²) in [6.45, 7) is 7.81. The molecule has 0 spiro atoms. The molecule has 98 valence electrons. The maximum atomic E-state index is 12.3. The number of ketones is 1. The zero-order chi connectivity index (χ0) is 13.1. The van der Waals surface area contributed by atoms with Gasteiger partial charge in [0.25, 0.3) is 0 Å². The second-order valence-corrected chi connectivity index (χ2v) is 5.32. The van der Waals surface area contributed by atoms with Gasteiger partial charge < -0.3 is 4.90 Å². The monoisotopic (exact) mass is 246 g/mol. The van der Waals surface area contributed by atoms with Crippen molar-refractivity contribution >= 4 is 5.78 Å². The van der Waals surface area contributed by atoms with Crippen LogP contribution in [0.15, 0.2) is 24.3 Å². The van der Waals surface area contributed by atoms with Crippen LogP contribution in [-0.4, -0.2) is 54.9 Å². The van der Waals surface area contributed by atoms with Crippen molar-refractivity contribution in [2.75, 3.05) is 33.2 Å². The molecule has 1 aromatic carbocycles. The van der Waals surface area contributed by atoms with Crippen LogP contribution in [0.3, 0.4) is 0 Å². The van der Waals surface area contributed by atoms with Crippen LogP contribution in [0, 0.1) is 6.92 Å². The summed E-state index contributed by atoms with van der Waals surface area (Å²) in [5.41, 5.74) is 1.94. The Balaban J connectivity index is 2.02. The molecule has 3 nitrogen and oxygen atoms in total. The summed E-state index contributed by atoms with van der Waals surface area (Å²) < 4.78 is 0. The van der Waals surface area contributed by atoms with Crippen LogP contribution in [-0.2, 0) is 0 Å². The zero-order valence-electron chi connectivity index (χ0n) is 11.5. The fourth-order valence-electron chi connectivity index (χ4n) is 2.57. The van der Waals surface area contributed by atoms with Gasteiger partial charge in [-0.05, 0) is 26.5 Å². The van der Waals surface area contributed by atoms with E-state index in [0.29, 0.717) is 12.6 Å². The number of likely N-dealkylation sites (N-methyl/N-ethyl adjacent to an activating group) is 1. The van der Waals surface area contributed by atoms with Crippen LogP contribution < -0.4 is 0 Å². The van der Waals surface area contributed by atoms with Crippen LogP contribution >= 0.6 is 0 Å². The molecule has 0 saturated carbocycles. The predicted molar refractivity (Wildman–Crippen MR) is 74.0 cm³/mol. The number of nitrogens with zero attached hydrogens (tertiary/aromatic N) is 2. The Labute approximate surface area is 109 Å². The molecule has 1 fully saturated rings. The number of Topliss-reactive ketones (excluding diaryl/α,β-unsaturated/α-hetero) is 1. The molecule has 1 aliphatic rings. The first kappa shape index (κ1) is 13.2. The minimum Gasteiger partial charge on any atom is -0.304 e. The van der Waals surface area contributed by atoms with Crippen molar-refractivity contribution in [2.24, 2.45) is 0 Å². The molecule has 1 heterocycles. The van der Waals surface area contributed by atoms with E-state index >= 15 is 0 Å². The lowest BCUT2D eigenvalue weighted by Crippen LogP contribution is -2.51. The molecule has 1 aliphatic heterocycles. The summed E-state index contributed by atoms with van der Waals surface area (Å²) in [5.74, 6) is 0.240. The minimum atomic E-state index is 0.240. The van der Waals surface area contributed by atoms with E-state index in [1.54, 1.807) is 0 Å². The second kappa shape index (κ2) is 5.63. The number of hydrogen-bond acceptors (Lipinski definition) is 3. The van der Waals surface area contributed by atoms with Crippen molar-refractivity contribution in [3.8, 4) is 0 Å². The van der Waals surface area contributed by atoms with E-state index in [9.17, 15) is 4.79 Å². The molecule has 3 heteroatoms. The van der Waals surface area contributed by atoms with Crippen molar-refractivity contribution in [3.63, 3.8) is 0 Å². The lowest BCUT2D eigenvalue weighted by atomic mass is 10.0. The van der Waals surface area contributed by atoms with Crippen LogP contribution in [0.5, 0.6) is 0 Å². The Morgan fingerprint density at radius 3 is 2.72 bits per heavy atom. The molecule has 0 aliphatic carbocycles. The number of carbonyl (C=O) groups is 1. The SMILES string of the molecule is Cc1ccccc1C(=O)CN1CCN(C)CC1C. The molecule has 0 amide bonds. The molecule has 0 aromatic heterocycles. The number of rotatable bonds is 3. The molecule has 1 unspecified atom stereocenters. The van der Waals surface area contributed by atoms with Crippen LogP contribution in [0.1, 0.15) is 22.8 Å². The molecule has 2 rings (SSSR count). The first-order valence-corrected chi connectivity index (χ1v) is 6.59. The smallest absolute Gasteiger partial charge is 0.177 e. The third kappa shape index (κ3) is 2.98. The van der Waals surface area contributed by atoms with Crippen LogP contribution in [0.2, 0.25) is 0 Å². The molecule has 0 N–H and O–H groups in total. The van der Waals surface area contributed by atoms with E-state index < -0.39 is 0 Å². The maximum absolute atomic E-state index is 12.3. The van der Waals surface area contributed by atoms with Crippen molar-refractivity contribution in [1.29, 1.82) is 0 Å². The molecule has 1 saturated heterocycles. The van der Waals surface area contributed by atoms with Crippen molar-refractivity contribution in [1.82, 2.24) is 9.80 Å². The van der Waals surface area contributed by atoms with Crippen molar-refractivity contribution in [2.45, 2.75) is 19.9 Å². The van der Waals surface area contributed by atoms with E-state index in [1.807, 2.05) is 31.2 Å². The molecule has 1 aromatic rings. The third-order valence-electron chi connectivity index (χ3n) is 3.76. The third-order valence-corrected chi connectivity index (χ3v) is 3.76. The normalized spacial score (nSPS) is 22.1. The standard InChI is InChI=1S/C15H22N2O/c1-12-6-4-5-7-14(12)15(18)11-17-9-8-16(3)10-13(17)2/h4-7,13H,8-11H2,1-3H3. The average Bonchev–Trinajstić information content (AvgIpc) is 2.33. The van der Waals surface area contributed by atoms with Gasteiger partial charge in [-0.1, -0.05) is 24.3 Å². The van der Waals surface area contributed by atoms with Gasteiger partial charge in [0.05, 0.1) is 6.54 Å². The lowest BCUT2D eigenvalue weighted by molar-refractivity contribution is 0.0747. The summed E-state index contributed by atoms with van der Waals surface area (Å²) in [6, 6.07) is 8.30. The summed E-state index contributed by atoms with van der Waals surface area (Å²) in [7, 11) is 2.14. The predicted octanol–water partition coefficient (Wildman–Crippen LogP) is 1.81. The summed E-state index contributed by atoms with van der Waals surface area (Å²) in [6.07, 6.45) is 0. The van der Waals surface area contributed by atoms with Gasteiger partial charge in [-0.15, -0.1) is 0 Å². The maximum Gasteiger partial charge on any atom is 0.177 e. The first-order valence-electron chi connectivity index (χ1n) is 6.59. The highest BCUT2D eigenvalue weighted by Crippen LogP contribution is 2.12. The van der Waals surface area contributed by atoms with Gasteiger partial charge in [0.1, 0.15) is 0 Å². The van der Waals surface area contributed by atoms with Gasteiger partial charge in [-0.25, -0.2) is 0 Å². The first-order chi connectivity index (χ1) is 8.58.